The van der Waals surface area contributed by atoms with E-state index in [9.17, 15) is 10.1 Å². The van der Waals surface area contributed by atoms with Crippen LogP contribution in [0.2, 0.25) is 5.02 Å². The summed E-state index contributed by atoms with van der Waals surface area (Å²) in [4.78, 5) is 12.4. The van der Waals surface area contributed by atoms with Gasteiger partial charge in [-0.05, 0) is 71.5 Å². The van der Waals surface area contributed by atoms with Crippen LogP contribution in [-0.2, 0) is 4.79 Å². The number of hydrogen-bond acceptors (Lipinski definition) is 4. The van der Waals surface area contributed by atoms with Crippen LogP contribution in [0.3, 0.4) is 0 Å². The minimum atomic E-state index is -0.523. The third kappa shape index (κ3) is 6.01. The summed E-state index contributed by atoms with van der Waals surface area (Å²) in [6.07, 6.45) is 3.15. The molecule has 2 aromatic rings. The maximum atomic E-state index is 12.4. The number of anilines is 1. The van der Waals surface area contributed by atoms with Crippen molar-refractivity contribution in [1.82, 2.24) is 0 Å². The molecule has 0 fully saturated rings. The highest BCUT2D eigenvalue weighted by atomic mass is 127. The number of nitrogens with one attached hydrogen (secondary N) is 1. The first-order chi connectivity index (χ1) is 13.5. The average molecular weight is 509 g/mol. The van der Waals surface area contributed by atoms with Gasteiger partial charge in [0.1, 0.15) is 18.2 Å². The van der Waals surface area contributed by atoms with Gasteiger partial charge >= 0.3 is 0 Å². The van der Waals surface area contributed by atoms with Crippen molar-refractivity contribution in [2.75, 3.05) is 18.5 Å². The molecule has 0 aliphatic heterocycles. The van der Waals surface area contributed by atoms with Crippen LogP contribution in [-0.4, -0.2) is 19.1 Å². The highest BCUT2D eigenvalue weighted by molar-refractivity contribution is 14.1. The molecule has 0 spiro atoms. The molecule has 5 nitrogen and oxygen atoms in total. The lowest BCUT2D eigenvalue weighted by atomic mass is 10.1. The number of benzene rings is 2. The second-order valence-electron chi connectivity index (χ2n) is 5.50. The Morgan fingerprint density at radius 2 is 2.14 bits per heavy atom. The van der Waals surface area contributed by atoms with Crippen molar-refractivity contribution in [3.8, 4) is 17.6 Å². The van der Waals surface area contributed by atoms with E-state index in [1.54, 1.807) is 36.4 Å². The zero-order chi connectivity index (χ0) is 20.5. The first-order valence-corrected chi connectivity index (χ1v) is 9.83. The molecule has 0 aliphatic rings. The number of nitrogens with zero attached hydrogens (tertiary/aromatic N) is 1. The predicted octanol–water partition coefficient (Wildman–Crippen LogP) is 5.45. The molecule has 0 saturated heterocycles. The fraction of sp³-hybridized carbons (Fsp3) is 0.143. The van der Waals surface area contributed by atoms with Crippen molar-refractivity contribution in [3.63, 3.8) is 0 Å². The van der Waals surface area contributed by atoms with Gasteiger partial charge in [-0.3, -0.25) is 4.79 Å². The van der Waals surface area contributed by atoms with Crippen LogP contribution in [0.5, 0.6) is 11.5 Å². The zero-order valence-corrected chi connectivity index (χ0v) is 18.1. The topological polar surface area (TPSA) is 71.3 Å². The van der Waals surface area contributed by atoms with E-state index < -0.39 is 5.91 Å². The Hall–Kier alpha value is -2.50. The van der Waals surface area contributed by atoms with E-state index in [4.69, 9.17) is 21.1 Å². The highest BCUT2D eigenvalue weighted by Crippen LogP contribution is 2.35. The normalized spacial score (nSPS) is 10.7. The lowest BCUT2D eigenvalue weighted by molar-refractivity contribution is -0.112. The summed E-state index contributed by atoms with van der Waals surface area (Å²) >= 11 is 8.05. The van der Waals surface area contributed by atoms with Gasteiger partial charge in [0, 0.05) is 10.7 Å². The Balaban J connectivity index is 2.33. The molecule has 0 aliphatic carbocycles. The van der Waals surface area contributed by atoms with Crippen LogP contribution in [0.1, 0.15) is 12.5 Å². The lowest BCUT2D eigenvalue weighted by Gasteiger charge is -2.14. The molecule has 0 aromatic heterocycles. The van der Waals surface area contributed by atoms with Crippen molar-refractivity contribution >= 4 is 51.9 Å². The van der Waals surface area contributed by atoms with Crippen LogP contribution in [0, 0.1) is 14.9 Å². The molecule has 0 heterocycles. The molecule has 28 heavy (non-hydrogen) atoms. The smallest absolute Gasteiger partial charge is 0.266 e. The Kier molecular flexibility index (Phi) is 8.36. The molecule has 1 amide bonds. The molecule has 1 N–H and O–H groups in total. The molecule has 7 heteroatoms. The summed E-state index contributed by atoms with van der Waals surface area (Å²) in [7, 11) is 0. The number of carbonyl (C=O) groups excluding carboxylic acids is 1. The summed E-state index contributed by atoms with van der Waals surface area (Å²) in [6, 6.07) is 12.2. The third-order valence-corrected chi connectivity index (χ3v) is 4.47. The molecular formula is C21H18ClIN2O3. The van der Waals surface area contributed by atoms with Crippen LogP contribution in [0.25, 0.3) is 6.08 Å². The molecule has 0 radical (unpaired) electrons. The van der Waals surface area contributed by atoms with Gasteiger partial charge in [-0.25, -0.2) is 0 Å². The van der Waals surface area contributed by atoms with Gasteiger partial charge in [0.15, 0.2) is 11.5 Å². The number of hydrogen-bond donors (Lipinski definition) is 1. The van der Waals surface area contributed by atoms with Crippen LogP contribution in [0.4, 0.5) is 5.69 Å². The van der Waals surface area contributed by atoms with Gasteiger partial charge in [-0.2, -0.15) is 5.26 Å². The van der Waals surface area contributed by atoms with Crippen molar-refractivity contribution in [1.29, 1.82) is 5.26 Å². The Bertz CT molecular complexity index is 951. The van der Waals surface area contributed by atoms with Crippen molar-refractivity contribution in [2.45, 2.75) is 6.92 Å². The van der Waals surface area contributed by atoms with Crippen LogP contribution < -0.4 is 14.8 Å². The summed E-state index contributed by atoms with van der Waals surface area (Å²) in [5.74, 6) is 0.612. The van der Waals surface area contributed by atoms with E-state index in [0.29, 0.717) is 41.0 Å². The van der Waals surface area contributed by atoms with Crippen molar-refractivity contribution in [3.05, 3.63) is 68.8 Å². The number of ether oxygens (including phenoxy) is 2. The number of halogens is 2. The Labute approximate surface area is 182 Å². The maximum absolute atomic E-state index is 12.4. The van der Waals surface area contributed by atoms with Gasteiger partial charge < -0.3 is 14.8 Å². The zero-order valence-electron chi connectivity index (χ0n) is 15.2. The summed E-state index contributed by atoms with van der Waals surface area (Å²) < 4.78 is 12.1. The molecule has 144 valence electrons. The van der Waals surface area contributed by atoms with Crippen molar-refractivity contribution < 1.29 is 14.3 Å². The molecule has 0 unspecified atom stereocenters. The largest absolute Gasteiger partial charge is 0.490 e. The van der Waals surface area contributed by atoms with Gasteiger partial charge in [0.05, 0.1) is 10.2 Å². The van der Waals surface area contributed by atoms with E-state index in [0.717, 1.165) is 3.57 Å². The number of nitriles is 1. The summed E-state index contributed by atoms with van der Waals surface area (Å²) in [6.45, 7) is 6.31. The van der Waals surface area contributed by atoms with Gasteiger partial charge in [-0.1, -0.05) is 30.3 Å². The molecular weight excluding hydrogens is 491 g/mol. The third-order valence-electron chi connectivity index (χ3n) is 3.44. The monoisotopic (exact) mass is 508 g/mol. The summed E-state index contributed by atoms with van der Waals surface area (Å²) in [5.41, 5.74) is 1.12. The SMILES string of the molecule is C=CCOc1c(I)cc(/C=C(\C#N)C(=O)Nc2cccc(Cl)c2)cc1OCC. The van der Waals surface area contributed by atoms with Gasteiger partial charge in [0.2, 0.25) is 0 Å². The standard InChI is InChI=1S/C21H18ClIN2O3/c1-3-8-28-20-18(23)10-14(11-19(20)27-4-2)9-15(13-24)21(26)25-17-7-5-6-16(22)12-17/h3,5-7,9-12H,1,4,8H2,2H3,(H,25,26)/b15-9+. The Morgan fingerprint density at radius 1 is 1.36 bits per heavy atom. The van der Waals surface area contributed by atoms with Crippen molar-refractivity contribution in [2.24, 2.45) is 0 Å². The maximum Gasteiger partial charge on any atom is 0.266 e. The molecule has 0 bridgehead atoms. The second-order valence-corrected chi connectivity index (χ2v) is 7.10. The number of rotatable bonds is 8. The highest BCUT2D eigenvalue weighted by Gasteiger charge is 2.14. The quantitative estimate of drug-likeness (QED) is 0.223. The van der Waals surface area contributed by atoms with Gasteiger partial charge in [0.25, 0.3) is 5.91 Å². The fourth-order valence-corrected chi connectivity index (χ4v) is 3.27. The fourth-order valence-electron chi connectivity index (χ4n) is 2.30. The lowest BCUT2D eigenvalue weighted by Crippen LogP contribution is -2.13. The first kappa shape index (κ1) is 21.8. The van der Waals surface area contributed by atoms with E-state index in [-0.39, 0.29) is 5.57 Å². The molecule has 2 rings (SSSR count). The van der Waals surface area contributed by atoms with E-state index in [2.05, 4.69) is 34.5 Å². The minimum Gasteiger partial charge on any atom is -0.490 e. The summed E-state index contributed by atoms with van der Waals surface area (Å²) in [5, 5.41) is 12.6. The first-order valence-electron chi connectivity index (χ1n) is 8.37. The minimum absolute atomic E-state index is 0.0435. The van der Waals surface area contributed by atoms with Gasteiger partial charge in [-0.15, -0.1) is 0 Å². The Morgan fingerprint density at radius 3 is 2.79 bits per heavy atom. The molecule has 2 aromatic carbocycles. The van der Waals surface area contributed by atoms with Crippen LogP contribution >= 0.6 is 34.2 Å². The average Bonchev–Trinajstić information content (AvgIpc) is 2.65. The number of amides is 1. The molecule has 0 atom stereocenters. The van der Waals surface area contributed by atoms with E-state index in [1.807, 2.05) is 19.1 Å². The second kappa shape index (κ2) is 10.7. The van der Waals surface area contributed by atoms with E-state index in [1.165, 1.54) is 6.08 Å². The van der Waals surface area contributed by atoms with E-state index >= 15 is 0 Å². The molecule has 0 saturated carbocycles. The predicted molar refractivity (Wildman–Crippen MR) is 120 cm³/mol. The number of carbonyl (C=O) groups is 1. The van der Waals surface area contributed by atoms with Crippen LogP contribution in [0.15, 0.2) is 54.6 Å².